The van der Waals surface area contributed by atoms with E-state index in [1.54, 1.807) is 7.11 Å². The summed E-state index contributed by atoms with van der Waals surface area (Å²) < 4.78 is 4.91. The molecular weight excluding hydrogens is 268 g/mol. The maximum Gasteiger partial charge on any atom is 0.271 e. The van der Waals surface area contributed by atoms with Gasteiger partial charge in [-0.05, 0) is 18.9 Å². The molecule has 0 atom stereocenters. The number of hydrogen-bond acceptors (Lipinski definition) is 4. The van der Waals surface area contributed by atoms with Gasteiger partial charge in [0.1, 0.15) is 5.69 Å². The summed E-state index contributed by atoms with van der Waals surface area (Å²) in [6.45, 7) is 2.79. The third kappa shape index (κ3) is 5.18. The molecule has 0 aliphatic heterocycles. The monoisotopic (exact) mass is 288 g/mol. The molecule has 1 aliphatic carbocycles. The molecular formula is C12H21ClN4O2. The summed E-state index contributed by atoms with van der Waals surface area (Å²) in [7, 11) is 1.67. The lowest BCUT2D eigenvalue weighted by atomic mass is 10.2. The normalized spacial score (nSPS) is 13.9. The number of hydrogen-bond donors (Lipinski definition) is 3. The lowest BCUT2D eigenvalue weighted by Gasteiger charge is -2.04. The molecule has 1 aliphatic rings. The van der Waals surface area contributed by atoms with Crippen LogP contribution in [0.1, 0.15) is 34.9 Å². The van der Waals surface area contributed by atoms with E-state index in [0.717, 1.165) is 18.8 Å². The summed E-state index contributed by atoms with van der Waals surface area (Å²) in [6.07, 6.45) is 2.40. The Kier molecular flexibility index (Phi) is 6.83. The molecule has 1 saturated carbocycles. The number of methoxy groups -OCH3 is 1. The minimum Gasteiger partial charge on any atom is -0.383 e. The number of ether oxygens (including phenoxy) is 1. The second kappa shape index (κ2) is 8.14. The molecule has 0 saturated heterocycles. The predicted molar refractivity (Wildman–Crippen MR) is 74.9 cm³/mol. The Morgan fingerprint density at radius 3 is 2.95 bits per heavy atom. The van der Waals surface area contributed by atoms with Gasteiger partial charge < -0.3 is 15.4 Å². The number of nitrogens with zero attached hydrogens (tertiary/aromatic N) is 1. The van der Waals surface area contributed by atoms with Crippen molar-refractivity contribution < 1.29 is 9.53 Å². The van der Waals surface area contributed by atoms with Gasteiger partial charge in [-0.1, -0.05) is 0 Å². The number of nitrogens with one attached hydrogen (secondary N) is 3. The molecule has 1 aromatic rings. The molecule has 1 aromatic heterocycles. The molecule has 108 valence electrons. The van der Waals surface area contributed by atoms with Gasteiger partial charge in [-0.25, -0.2) is 0 Å². The fourth-order valence-corrected chi connectivity index (χ4v) is 1.71. The zero-order valence-electron chi connectivity index (χ0n) is 11.1. The van der Waals surface area contributed by atoms with Crippen LogP contribution in [0, 0.1) is 0 Å². The molecule has 1 fully saturated rings. The van der Waals surface area contributed by atoms with Crippen molar-refractivity contribution in [1.82, 2.24) is 20.8 Å². The first-order valence-corrected chi connectivity index (χ1v) is 6.34. The topological polar surface area (TPSA) is 79.0 Å². The summed E-state index contributed by atoms with van der Waals surface area (Å²) in [4.78, 5) is 11.7. The molecule has 7 heteroatoms. The van der Waals surface area contributed by atoms with Crippen LogP contribution in [0.5, 0.6) is 0 Å². The molecule has 0 bridgehead atoms. The van der Waals surface area contributed by atoms with Crippen molar-refractivity contribution in [1.29, 1.82) is 0 Å². The Bertz CT molecular complexity index is 393. The summed E-state index contributed by atoms with van der Waals surface area (Å²) in [5.74, 6) is 0.474. The van der Waals surface area contributed by atoms with E-state index in [2.05, 4.69) is 20.8 Å². The fourth-order valence-electron chi connectivity index (χ4n) is 1.71. The van der Waals surface area contributed by atoms with Crippen molar-refractivity contribution in [3.63, 3.8) is 0 Å². The highest BCUT2D eigenvalue weighted by Gasteiger charge is 2.26. The van der Waals surface area contributed by atoms with Crippen LogP contribution in [0.2, 0.25) is 0 Å². The lowest BCUT2D eigenvalue weighted by molar-refractivity contribution is 0.0948. The summed E-state index contributed by atoms with van der Waals surface area (Å²) in [5.41, 5.74) is 1.56. The molecule has 1 amide bonds. The van der Waals surface area contributed by atoms with Gasteiger partial charge in [0, 0.05) is 38.4 Å². The van der Waals surface area contributed by atoms with Crippen molar-refractivity contribution in [2.45, 2.75) is 18.8 Å². The molecule has 0 spiro atoms. The van der Waals surface area contributed by atoms with Gasteiger partial charge in [-0.2, -0.15) is 5.10 Å². The summed E-state index contributed by atoms with van der Waals surface area (Å²) in [5, 5.41) is 12.9. The van der Waals surface area contributed by atoms with E-state index >= 15 is 0 Å². The summed E-state index contributed by atoms with van der Waals surface area (Å²) in [6, 6.07) is 1.85. The zero-order valence-corrected chi connectivity index (χ0v) is 11.9. The average Bonchev–Trinajstić information content (AvgIpc) is 3.11. The van der Waals surface area contributed by atoms with Crippen LogP contribution in [0.4, 0.5) is 0 Å². The van der Waals surface area contributed by atoms with Gasteiger partial charge >= 0.3 is 0 Å². The van der Waals surface area contributed by atoms with Crippen molar-refractivity contribution in [2.24, 2.45) is 0 Å². The lowest BCUT2D eigenvalue weighted by Crippen LogP contribution is -2.33. The second-order valence-corrected chi connectivity index (χ2v) is 4.48. The van der Waals surface area contributed by atoms with Gasteiger partial charge in [0.05, 0.1) is 6.61 Å². The quantitative estimate of drug-likeness (QED) is 0.615. The van der Waals surface area contributed by atoms with Crippen molar-refractivity contribution in [3.05, 3.63) is 17.5 Å². The number of rotatable bonds is 8. The number of amides is 1. The number of carbonyl (C=O) groups excluding carboxylic acids is 1. The van der Waals surface area contributed by atoms with Crippen LogP contribution in [0.15, 0.2) is 6.07 Å². The molecule has 1 heterocycles. The van der Waals surface area contributed by atoms with Gasteiger partial charge in [-0.3, -0.25) is 9.89 Å². The average molecular weight is 289 g/mol. The maximum absolute atomic E-state index is 11.7. The standard InChI is InChI=1S/C12H20N4O2.ClH/c1-18-7-6-13-4-5-14-12(17)11-8-10(15-16-11)9-2-3-9;/h8-9,13H,2-7H2,1H3,(H,14,17)(H,15,16);1H. The second-order valence-electron chi connectivity index (χ2n) is 4.48. The van der Waals surface area contributed by atoms with Gasteiger partial charge in [-0.15, -0.1) is 12.4 Å². The maximum atomic E-state index is 11.7. The zero-order chi connectivity index (χ0) is 12.8. The van der Waals surface area contributed by atoms with E-state index in [9.17, 15) is 4.79 Å². The van der Waals surface area contributed by atoms with Gasteiger partial charge in [0.2, 0.25) is 0 Å². The van der Waals surface area contributed by atoms with Crippen LogP contribution in [0.3, 0.4) is 0 Å². The number of halogens is 1. The highest BCUT2D eigenvalue weighted by molar-refractivity contribution is 5.92. The highest BCUT2D eigenvalue weighted by Crippen LogP contribution is 2.38. The number of carbonyl (C=O) groups is 1. The summed E-state index contributed by atoms with van der Waals surface area (Å²) >= 11 is 0. The van der Waals surface area contributed by atoms with Crippen molar-refractivity contribution in [3.8, 4) is 0 Å². The number of aromatic amines is 1. The fraction of sp³-hybridized carbons (Fsp3) is 0.667. The predicted octanol–water partition coefficient (Wildman–Crippen LogP) is 0.675. The smallest absolute Gasteiger partial charge is 0.271 e. The first-order chi connectivity index (χ1) is 8.81. The molecule has 3 N–H and O–H groups in total. The molecule has 0 unspecified atom stereocenters. The Labute approximate surface area is 119 Å². The Balaban J connectivity index is 0.00000180. The van der Waals surface area contributed by atoms with Gasteiger partial charge in [0.25, 0.3) is 5.91 Å². The van der Waals surface area contributed by atoms with Crippen molar-refractivity contribution >= 4 is 18.3 Å². The minimum atomic E-state index is -0.119. The van der Waals surface area contributed by atoms with E-state index in [4.69, 9.17) is 4.74 Å². The minimum absolute atomic E-state index is 0. The van der Waals surface area contributed by atoms with Crippen LogP contribution >= 0.6 is 12.4 Å². The van der Waals surface area contributed by atoms with E-state index in [0.29, 0.717) is 24.8 Å². The number of aromatic nitrogens is 2. The highest BCUT2D eigenvalue weighted by atomic mass is 35.5. The Morgan fingerprint density at radius 1 is 1.47 bits per heavy atom. The Morgan fingerprint density at radius 2 is 2.26 bits per heavy atom. The van der Waals surface area contributed by atoms with E-state index in [1.807, 2.05) is 6.07 Å². The third-order valence-electron chi connectivity index (χ3n) is 2.92. The first kappa shape index (κ1) is 15.9. The molecule has 6 nitrogen and oxygen atoms in total. The van der Waals surface area contributed by atoms with E-state index < -0.39 is 0 Å². The molecule has 0 radical (unpaired) electrons. The molecule has 19 heavy (non-hydrogen) atoms. The van der Waals surface area contributed by atoms with Crippen LogP contribution < -0.4 is 10.6 Å². The van der Waals surface area contributed by atoms with Crippen molar-refractivity contribution in [2.75, 3.05) is 33.4 Å². The van der Waals surface area contributed by atoms with E-state index in [1.165, 1.54) is 12.8 Å². The third-order valence-corrected chi connectivity index (χ3v) is 2.92. The Hall–Kier alpha value is -1.11. The van der Waals surface area contributed by atoms with Gasteiger partial charge in [0.15, 0.2) is 0 Å². The molecule has 2 rings (SSSR count). The van der Waals surface area contributed by atoms with Crippen LogP contribution in [0.25, 0.3) is 0 Å². The SMILES string of the molecule is COCCNCCNC(=O)c1cc(C2CC2)[nH]n1.Cl. The molecule has 0 aromatic carbocycles. The first-order valence-electron chi connectivity index (χ1n) is 6.34. The number of H-pyrrole nitrogens is 1. The van der Waals surface area contributed by atoms with Crippen LogP contribution in [-0.4, -0.2) is 49.5 Å². The largest absolute Gasteiger partial charge is 0.383 e. The van der Waals surface area contributed by atoms with Crippen LogP contribution in [-0.2, 0) is 4.74 Å². The van der Waals surface area contributed by atoms with E-state index in [-0.39, 0.29) is 18.3 Å².